The lowest BCUT2D eigenvalue weighted by molar-refractivity contribution is -0.111. The standard InChI is InChI=1S/C23H26BrN3O2/c1-3-16-29-20-8-4-18(5-9-20)6-11-23(28)25-21-17-19(24)7-10-22(21)27-14-12-26(2)13-15-27/h3-11,17H,1,12-16H2,2H3,(H,25,28)/b11-6+. The first kappa shape index (κ1) is 21.1. The number of carbonyl (C=O) groups excluding carboxylic acids is 1. The first-order chi connectivity index (χ1) is 14.0. The van der Waals surface area contributed by atoms with Crippen LogP contribution in [0.15, 0.2) is 65.7 Å². The summed E-state index contributed by atoms with van der Waals surface area (Å²) in [7, 11) is 2.13. The molecule has 1 saturated heterocycles. The van der Waals surface area contributed by atoms with Crippen LogP contribution in [0.1, 0.15) is 5.56 Å². The highest BCUT2D eigenvalue weighted by molar-refractivity contribution is 9.10. The van der Waals surface area contributed by atoms with Crippen LogP contribution in [-0.2, 0) is 4.79 Å². The van der Waals surface area contributed by atoms with E-state index in [1.54, 1.807) is 18.2 Å². The molecule has 152 valence electrons. The third kappa shape index (κ3) is 6.21. The molecule has 0 aliphatic carbocycles. The van der Waals surface area contributed by atoms with Gasteiger partial charge in [0.25, 0.3) is 0 Å². The summed E-state index contributed by atoms with van der Waals surface area (Å²) in [6.45, 7) is 8.01. The molecule has 0 bridgehead atoms. The van der Waals surface area contributed by atoms with E-state index in [0.29, 0.717) is 6.61 Å². The number of likely N-dealkylation sites (N-methyl/N-ethyl adjacent to an activating group) is 1. The summed E-state index contributed by atoms with van der Waals surface area (Å²) in [4.78, 5) is 17.1. The normalized spacial score (nSPS) is 14.8. The third-order valence-electron chi connectivity index (χ3n) is 4.74. The first-order valence-corrected chi connectivity index (χ1v) is 10.4. The zero-order chi connectivity index (χ0) is 20.6. The zero-order valence-corrected chi connectivity index (χ0v) is 18.2. The van der Waals surface area contributed by atoms with E-state index in [1.165, 1.54) is 0 Å². The molecule has 2 aromatic carbocycles. The predicted molar refractivity (Wildman–Crippen MR) is 124 cm³/mol. The van der Waals surface area contributed by atoms with E-state index in [4.69, 9.17) is 4.74 Å². The number of benzene rings is 2. The number of rotatable bonds is 7. The van der Waals surface area contributed by atoms with Crippen LogP contribution in [-0.4, -0.2) is 50.6 Å². The Bertz CT molecular complexity index is 872. The molecule has 0 saturated carbocycles. The highest BCUT2D eigenvalue weighted by Gasteiger charge is 2.17. The molecule has 2 aromatic rings. The fraction of sp³-hybridized carbons (Fsp3) is 0.261. The van der Waals surface area contributed by atoms with Gasteiger partial charge >= 0.3 is 0 Å². The van der Waals surface area contributed by atoms with Crippen molar-refractivity contribution < 1.29 is 9.53 Å². The molecule has 1 N–H and O–H groups in total. The lowest BCUT2D eigenvalue weighted by atomic mass is 10.2. The summed E-state index contributed by atoms with van der Waals surface area (Å²) in [5.41, 5.74) is 2.79. The lowest BCUT2D eigenvalue weighted by Gasteiger charge is -2.35. The minimum Gasteiger partial charge on any atom is -0.490 e. The molecule has 1 aliphatic rings. The van der Waals surface area contributed by atoms with Crippen molar-refractivity contribution in [2.24, 2.45) is 0 Å². The van der Waals surface area contributed by atoms with Crippen LogP contribution >= 0.6 is 15.9 Å². The zero-order valence-electron chi connectivity index (χ0n) is 16.6. The number of carbonyl (C=O) groups is 1. The van der Waals surface area contributed by atoms with Gasteiger partial charge in [-0.25, -0.2) is 0 Å². The Balaban J connectivity index is 1.66. The monoisotopic (exact) mass is 455 g/mol. The largest absolute Gasteiger partial charge is 0.490 e. The average Bonchev–Trinajstić information content (AvgIpc) is 2.72. The summed E-state index contributed by atoms with van der Waals surface area (Å²) < 4.78 is 6.40. The number of hydrogen-bond acceptors (Lipinski definition) is 4. The van der Waals surface area contributed by atoms with Crippen molar-refractivity contribution in [2.75, 3.05) is 50.1 Å². The van der Waals surface area contributed by atoms with Gasteiger partial charge in [-0.05, 0) is 49.0 Å². The molecule has 0 unspecified atom stereocenters. The Morgan fingerprint density at radius 3 is 2.59 bits per heavy atom. The number of ether oxygens (including phenoxy) is 1. The van der Waals surface area contributed by atoms with Gasteiger partial charge in [-0.15, -0.1) is 0 Å². The number of hydrogen-bond donors (Lipinski definition) is 1. The van der Waals surface area contributed by atoms with Crippen LogP contribution in [0, 0.1) is 0 Å². The third-order valence-corrected chi connectivity index (χ3v) is 5.23. The van der Waals surface area contributed by atoms with E-state index in [2.05, 4.69) is 50.7 Å². The van der Waals surface area contributed by atoms with Crippen LogP contribution < -0.4 is 15.0 Å². The summed E-state index contributed by atoms with van der Waals surface area (Å²) in [6.07, 6.45) is 5.05. The molecule has 0 aromatic heterocycles. The minimum absolute atomic E-state index is 0.162. The number of nitrogens with one attached hydrogen (secondary N) is 1. The number of nitrogens with zero attached hydrogens (tertiary/aromatic N) is 2. The SMILES string of the molecule is C=CCOc1ccc(/C=C/C(=O)Nc2cc(Br)ccc2N2CCN(C)CC2)cc1. The molecule has 0 radical (unpaired) electrons. The Morgan fingerprint density at radius 1 is 1.17 bits per heavy atom. The van der Waals surface area contributed by atoms with Gasteiger partial charge in [-0.2, -0.15) is 0 Å². The van der Waals surface area contributed by atoms with Crippen LogP contribution in [0.4, 0.5) is 11.4 Å². The Labute approximate surface area is 180 Å². The molecular formula is C23H26BrN3O2. The Kier molecular flexibility index (Phi) is 7.49. The summed E-state index contributed by atoms with van der Waals surface area (Å²) in [5.74, 6) is 0.614. The van der Waals surface area contributed by atoms with Gasteiger partial charge in [0, 0.05) is 36.7 Å². The van der Waals surface area contributed by atoms with Crippen molar-refractivity contribution in [1.82, 2.24) is 4.90 Å². The highest BCUT2D eigenvalue weighted by atomic mass is 79.9. The maximum absolute atomic E-state index is 12.5. The van der Waals surface area contributed by atoms with Crippen molar-refractivity contribution in [1.29, 1.82) is 0 Å². The fourth-order valence-electron chi connectivity index (χ4n) is 3.11. The summed E-state index contributed by atoms with van der Waals surface area (Å²) in [5, 5.41) is 3.02. The van der Waals surface area contributed by atoms with E-state index in [9.17, 15) is 4.79 Å². The van der Waals surface area contributed by atoms with Gasteiger partial charge in [0.05, 0.1) is 11.4 Å². The van der Waals surface area contributed by atoms with Crippen LogP contribution in [0.25, 0.3) is 6.08 Å². The molecule has 0 spiro atoms. The van der Waals surface area contributed by atoms with Gasteiger partial charge in [0.1, 0.15) is 12.4 Å². The van der Waals surface area contributed by atoms with E-state index in [0.717, 1.165) is 53.3 Å². The van der Waals surface area contributed by atoms with Gasteiger partial charge in [-0.3, -0.25) is 4.79 Å². The van der Waals surface area contributed by atoms with Crippen molar-refractivity contribution in [2.45, 2.75) is 0 Å². The maximum atomic E-state index is 12.5. The molecule has 29 heavy (non-hydrogen) atoms. The molecule has 3 rings (SSSR count). The molecule has 1 aliphatic heterocycles. The first-order valence-electron chi connectivity index (χ1n) is 9.61. The van der Waals surface area contributed by atoms with Gasteiger partial charge in [-0.1, -0.05) is 40.7 Å². The van der Waals surface area contributed by atoms with E-state index in [1.807, 2.05) is 36.4 Å². The predicted octanol–water partition coefficient (Wildman–Crippen LogP) is 4.42. The van der Waals surface area contributed by atoms with Crippen molar-refractivity contribution >= 4 is 39.3 Å². The Morgan fingerprint density at radius 2 is 1.90 bits per heavy atom. The maximum Gasteiger partial charge on any atom is 0.248 e. The fourth-order valence-corrected chi connectivity index (χ4v) is 3.47. The van der Waals surface area contributed by atoms with Crippen molar-refractivity contribution in [3.05, 3.63) is 71.2 Å². The van der Waals surface area contributed by atoms with Crippen molar-refractivity contribution in [3.63, 3.8) is 0 Å². The van der Waals surface area contributed by atoms with Crippen molar-refractivity contribution in [3.8, 4) is 5.75 Å². The molecule has 1 amide bonds. The minimum atomic E-state index is -0.162. The highest BCUT2D eigenvalue weighted by Crippen LogP contribution is 2.30. The molecule has 5 nitrogen and oxygen atoms in total. The second-order valence-electron chi connectivity index (χ2n) is 6.94. The van der Waals surface area contributed by atoms with Gasteiger partial charge < -0.3 is 19.9 Å². The summed E-state index contributed by atoms with van der Waals surface area (Å²) in [6, 6.07) is 13.6. The molecule has 0 atom stereocenters. The smallest absolute Gasteiger partial charge is 0.248 e. The van der Waals surface area contributed by atoms with E-state index >= 15 is 0 Å². The second kappa shape index (κ2) is 10.3. The number of amides is 1. The van der Waals surface area contributed by atoms with Crippen LogP contribution in [0.5, 0.6) is 5.75 Å². The quantitative estimate of drug-likeness (QED) is 0.495. The van der Waals surface area contributed by atoms with Crippen LogP contribution in [0.3, 0.4) is 0 Å². The van der Waals surface area contributed by atoms with E-state index in [-0.39, 0.29) is 5.91 Å². The average molecular weight is 456 g/mol. The summed E-state index contributed by atoms with van der Waals surface area (Å²) >= 11 is 3.51. The Hall–Kier alpha value is -2.57. The van der Waals surface area contributed by atoms with E-state index < -0.39 is 0 Å². The number of halogens is 1. The van der Waals surface area contributed by atoms with Gasteiger partial charge in [0.15, 0.2) is 0 Å². The number of piperazine rings is 1. The number of anilines is 2. The van der Waals surface area contributed by atoms with Gasteiger partial charge in [0.2, 0.25) is 5.91 Å². The molecule has 1 fully saturated rings. The lowest BCUT2D eigenvalue weighted by Crippen LogP contribution is -2.44. The molecule has 1 heterocycles. The van der Waals surface area contributed by atoms with Crippen LogP contribution in [0.2, 0.25) is 0 Å². The topological polar surface area (TPSA) is 44.8 Å². The second-order valence-corrected chi connectivity index (χ2v) is 7.86. The molecule has 6 heteroatoms. The molecular weight excluding hydrogens is 430 g/mol.